The molecule has 5 saturated heterocycles. The third-order valence-corrected chi connectivity index (χ3v) is 18.5. The molecule has 88 heavy (non-hydrogen) atoms. The van der Waals surface area contributed by atoms with Crippen LogP contribution in [-0.2, 0) is 54.0 Å². The van der Waals surface area contributed by atoms with Crippen LogP contribution in [0.15, 0.2) is 66.0 Å². The predicted octanol–water partition coefficient (Wildman–Crippen LogP) is 6.24. The van der Waals surface area contributed by atoms with Crippen molar-refractivity contribution in [3.05, 3.63) is 98.7 Å². The normalized spacial score (nSPS) is 31.2. The van der Waals surface area contributed by atoms with Crippen LogP contribution in [0.1, 0.15) is 69.6 Å². The Balaban J connectivity index is 0.000000155. The second kappa shape index (κ2) is 23.1. The summed E-state index contributed by atoms with van der Waals surface area (Å²) in [5.74, 6) is -0.602. The minimum atomic E-state index is -1.47. The zero-order chi connectivity index (χ0) is 61.0. The van der Waals surface area contributed by atoms with Crippen molar-refractivity contribution in [1.82, 2.24) is 0 Å². The molecule has 5 aromatic carbocycles. The molecule has 9 aliphatic rings. The van der Waals surface area contributed by atoms with Crippen molar-refractivity contribution in [2.75, 3.05) is 61.8 Å². The molecule has 0 saturated carbocycles. The Morgan fingerprint density at radius 3 is 1.85 bits per heavy atom. The SMILES string of the molecule is COc1cc(-c2c3c(c(O[C@@H]4O[C@@H]5CO[C@@H](C)O[C@H]5[C@H](O)[C@H]4C)c4cc5c(cc24)OCO5)COC3=O)cc(OC)c1O.COc1cc([C@@H]2c3cc4c(cc3[C@@H](O[C@@H]3O[C@@H]5CO[C@@H](c6cccs6)O[C@H]5[C@H](O)[C@H]3O)[C@H]3COC(=O)[C@H]23)OCO4)cc(OC)c1O. The molecule has 5 N–H and O–H groups in total. The Kier molecular flexibility index (Phi) is 15.2. The zero-order valence-corrected chi connectivity index (χ0v) is 49.0. The number of thiophene rings is 1. The second-order valence-electron chi connectivity index (χ2n) is 22.4. The van der Waals surface area contributed by atoms with E-state index in [2.05, 4.69) is 0 Å². The summed E-state index contributed by atoms with van der Waals surface area (Å²) in [7, 11) is 5.72. The zero-order valence-electron chi connectivity index (χ0n) is 48.1. The van der Waals surface area contributed by atoms with Gasteiger partial charge in [0.15, 0.2) is 64.9 Å². The highest BCUT2D eigenvalue weighted by molar-refractivity contribution is 7.10. The number of phenols is 2. The molecule has 25 nitrogen and oxygen atoms in total. The van der Waals surface area contributed by atoms with E-state index in [1.165, 1.54) is 39.8 Å². The molecular formula is C62H62O25S. The third kappa shape index (κ3) is 9.76. The van der Waals surface area contributed by atoms with Gasteiger partial charge in [0.25, 0.3) is 0 Å². The molecule has 1 aliphatic carbocycles. The summed E-state index contributed by atoms with van der Waals surface area (Å²) in [5.41, 5.74) is 3.85. The van der Waals surface area contributed by atoms with E-state index in [1.54, 1.807) is 49.4 Å². The Hall–Kier alpha value is -7.60. The molecule has 0 amide bonds. The van der Waals surface area contributed by atoms with Gasteiger partial charge in [0.05, 0.1) is 76.8 Å². The number of methoxy groups -OCH3 is 4. The van der Waals surface area contributed by atoms with Gasteiger partial charge in [0.2, 0.25) is 31.4 Å². The lowest BCUT2D eigenvalue weighted by molar-refractivity contribution is -0.368. The molecule has 0 unspecified atom stereocenters. The number of cyclic esters (lactones) is 2. The smallest absolute Gasteiger partial charge is 0.339 e. The summed E-state index contributed by atoms with van der Waals surface area (Å²) in [6, 6.07) is 17.5. The van der Waals surface area contributed by atoms with Crippen molar-refractivity contribution in [2.45, 2.75) is 100 Å². The van der Waals surface area contributed by atoms with Gasteiger partial charge in [-0.2, -0.15) is 0 Å². The van der Waals surface area contributed by atoms with Crippen molar-refractivity contribution >= 4 is 34.0 Å². The molecule has 0 bridgehead atoms. The number of esters is 2. The van der Waals surface area contributed by atoms with E-state index in [0.717, 1.165) is 4.88 Å². The molecule has 26 heteroatoms. The quantitative estimate of drug-likeness (QED) is 0.0896. The summed E-state index contributed by atoms with van der Waals surface area (Å²) in [4.78, 5) is 27.7. The van der Waals surface area contributed by atoms with Gasteiger partial charge in [0, 0.05) is 34.3 Å². The molecule has 0 spiro atoms. The van der Waals surface area contributed by atoms with Crippen LogP contribution in [-0.4, -0.2) is 161 Å². The monoisotopic (exact) mass is 1240 g/mol. The van der Waals surface area contributed by atoms with E-state index < -0.39 is 110 Å². The minimum Gasteiger partial charge on any atom is -0.502 e. The Morgan fingerprint density at radius 1 is 0.602 bits per heavy atom. The van der Waals surface area contributed by atoms with Crippen LogP contribution >= 0.6 is 11.3 Å². The van der Waals surface area contributed by atoms with E-state index in [4.69, 9.17) is 85.3 Å². The van der Waals surface area contributed by atoms with Crippen molar-refractivity contribution < 1.29 is 120 Å². The fourth-order valence-electron chi connectivity index (χ4n) is 13.2. The van der Waals surface area contributed by atoms with Crippen LogP contribution in [0.25, 0.3) is 21.9 Å². The highest BCUT2D eigenvalue weighted by Crippen LogP contribution is 2.58. The first-order chi connectivity index (χ1) is 42.6. The summed E-state index contributed by atoms with van der Waals surface area (Å²) in [6.07, 6.45) is -10.5. The van der Waals surface area contributed by atoms with Gasteiger partial charge < -0.3 is 111 Å². The average molecular weight is 1240 g/mol. The first-order valence-electron chi connectivity index (χ1n) is 28.5. The largest absolute Gasteiger partial charge is 0.502 e. The predicted molar refractivity (Wildman–Crippen MR) is 300 cm³/mol. The number of fused-ring (bicyclic) bond motifs is 8. The molecule has 8 aliphatic heterocycles. The van der Waals surface area contributed by atoms with Crippen molar-refractivity contribution in [3.8, 4) is 74.4 Å². The standard InChI is InChI=1S/C32H32O13S.C30H30O12/c1-37-19-6-13(7-20(38-2)25(19)33)23-14-8-17-18(42-12-41-17)9-15(14)28(16-10-39-30(36)24(16)23)44-32-27(35)26(34)29-21(43-32)11-40-31(45-29)22-4-3-5-46-22;1-12-25(31)28-22(10-36-13(2)40-28)41-30(12)42-27-16-8-19-18(38-11-39-19)7-15(16)23(24-17(27)9-37-29(24)33)14-5-20(34-3)26(32)21(6-14)35-4/h3-9,16,21,23-24,26-29,31-35H,10-12H2,1-2H3;5-8,12-13,22,25,28,30-32H,9-11H2,1-4H3/t16-,21+,23+,24-,26+,27+,28+,29+,31+,32-;12-,13-,22-,25-,28-,30+/m01/s1. The molecule has 0 radical (unpaired) electrons. The van der Waals surface area contributed by atoms with Gasteiger partial charge in [-0.25, -0.2) is 4.79 Å². The van der Waals surface area contributed by atoms with Crippen LogP contribution in [0.2, 0.25) is 0 Å². The summed E-state index contributed by atoms with van der Waals surface area (Å²) in [5, 5.41) is 57.9. The number of hydrogen-bond acceptors (Lipinski definition) is 26. The van der Waals surface area contributed by atoms with E-state index in [9.17, 15) is 35.1 Å². The molecule has 9 heterocycles. The van der Waals surface area contributed by atoms with Crippen LogP contribution < -0.4 is 42.6 Å². The number of aromatic hydroxyl groups is 2. The highest BCUT2D eigenvalue weighted by atomic mass is 32.1. The number of ether oxygens (including phenoxy) is 18. The lowest BCUT2D eigenvalue weighted by atomic mass is 9.66. The van der Waals surface area contributed by atoms with Gasteiger partial charge >= 0.3 is 11.9 Å². The fourth-order valence-corrected chi connectivity index (χ4v) is 13.9. The lowest BCUT2D eigenvalue weighted by Crippen LogP contribution is -2.62. The topological polar surface area (TPSA) is 301 Å². The molecule has 5 fully saturated rings. The molecule has 466 valence electrons. The molecular weight excluding hydrogens is 1180 g/mol. The number of aliphatic hydroxyl groups is 3. The van der Waals surface area contributed by atoms with Gasteiger partial charge in [0.1, 0.15) is 49.0 Å². The van der Waals surface area contributed by atoms with Crippen molar-refractivity contribution in [3.63, 3.8) is 0 Å². The Morgan fingerprint density at radius 2 is 1.20 bits per heavy atom. The number of rotatable bonds is 11. The van der Waals surface area contributed by atoms with Crippen molar-refractivity contribution in [2.24, 2.45) is 17.8 Å². The van der Waals surface area contributed by atoms with Gasteiger partial charge in [-0.1, -0.05) is 13.0 Å². The number of phenolic OH excluding ortho intramolecular Hbond substituents is 2. The van der Waals surface area contributed by atoms with E-state index in [0.29, 0.717) is 72.9 Å². The van der Waals surface area contributed by atoms with Crippen LogP contribution in [0, 0.1) is 17.8 Å². The van der Waals surface area contributed by atoms with Gasteiger partial charge in [-0.05, 0) is 94.5 Å². The van der Waals surface area contributed by atoms with E-state index in [1.807, 2.05) is 30.5 Å². The van der Waals surface area contributed by atoms with Gasteiger partial charge in [-0.15, -0.1) is 11.3 Å². The summed E-state index contributed by atoms with van der Waals surface area (Å²) < 4.78 is 105. The first-order valence-corrected chi connectivity index (χ1v) is 29.4. The maximum atomic E-state index is 13.5. The lowest BCUT2D eigenvalue weighted by Gasteiger charge is -2.48. The first kappa shape index (κ1) is 58.1. The number of benzene rings is 5. The van der Waals surface area contributed by atoms with Crippen LogP contribution in [0.4, 0.5) is 0 Å². The summed E-state index contributed by atoms with van der Waals surface area (Å²) in [6.45, 7) is 3.98. The highest BCUT2D eigenvalue weighted by Gasteiger charge is 2.57. The van der Waals surface area contributed by atoms with Gasteiger partial charge in [-0.3, -0.25) is 4.79 Å². The molecule has 15 rings (SSSR count). The summed E-state index contributed by atoms with van der Waals surface area (Å²) >= 11 is 1.46. The number of hydrogen-bond donors (Lipinski definition) is 5. The Bertz CT molecular complexity index is 3630. The number of carbonyl (C=O) groups excluding carboxylic acids is 2. The maximum absolute atomic E-state index is 13.5. The average Bonchev–Trinajstić information content (AvgIpc) is 1.38. The van der Waals surface area contributed by atoms with E-state index >= 15 is 0 Å². The molecule has 6 aromatic rings. The molecule has 1 aromatic heterocycles. The minimum absolute atomic E-state index is 0.0242. The third-order valence-electron chi connectivity index (χ3n) is 17.6. The van der Waals surface area contributed by atoms with Crippen molar-refractivity contribution in [1.29, 1.82) is 0 Å². The Labute approximate surface area is 505 Å². The number of carbonyl (C=O) groups is 2. The maximum Gasteiger partial charge on any atom is 0.339 e. The second-order valence-corrected chi connectivity index (χ2v) is 23.4. The number of aliphatic hydroxyl groups excluding tert-OH is 3. The molecule has 16 atom stereocenters. The fraction of sp³-hybridized carbons (Fsp3) is 0.452. The van der Waals surface area contributed by atoms with Crippen LogP contribution in [0.5, 0.6) is 63.2 Å². The van der Waals surface area contributed by atoms with Crippen LogP contribution in [0.3, 0.4) is 0 Å². The van der Waals surface area contributed by atoms with E-state index in [-0.39, 0.29) is 80.1 Å².